The number of nitrogens with one attached hydrogen (secondary N) is 2. The first-order valence-electron chi connectivity index (χ1n) is 11.9. The number of rotatable bonds is 9. The second kappa shape index (κ2) is 12.7. The molecule has 0 aromatic heterocycles. The van der Waals surface area contributed by atoms with Crippen LogP contribution in [-0.4, -0.2) is 68.0 Å². The molecule has 2 aliphatic rings. The molecule has 2 aliphatic heterocycles. The monoisotopic (exact) mass is 428 g/mol. The summed E-state index contributed by atoms with van der Waals surface area (Å²) in [6.07, 6.45) is 7.04. The van der Waals surface area contributed by atoms with Gasteiger partial charge in [0.15, 0.2) is 5.96 Å². The Kier molecular flexibility index (Phi) is 9.62. The normalized spacial score (nSPS) is 21.1. The van der Waals surface area contributed by atoms with Crippen molar-refractivity contribution in [3.63, 3.8) is 0 Å². The predicted molar refractivity (Wildman–Crippen MR) is 127 cm³/mol. The zero-order valence-electron chi connectivity index (χ0n) is 19.1. The lowest BCUT2D eigenvalue weighted by molar-refractivity contribution is -0.123. The van der Waals surface area contributed by atoms with Crippen molar-refractivity contribution in [1.29, 1.82) is 0 Å². The van der Waals surface area contributed by atoms with Crippen molar-refractivity contribution in [2.45, 2.75) is 51.6 Å². The molecule has 172 valence electrons. The zero-order chi connectivity index (χ0) is 21.9. The SMILES string of the molecule is CN=C(NCCCN1CCCC(C(N)=O)C1)NCc1ccc(CN2CCCCC2)cc1. The molecule has 0 spiro atoms. The summed E-state index contributed by atoms with van der Waals surface area (Å²) >= 11 is 0. The van der Waals surface area contributed by atoms with E-state index in [0.29, 0.717) is 0 Å². The summed E-state index contributed by atoms with van der Waals surface area (Å²) in [4.78, 5) is 20.6. The molecular weight excluding hydrogens is 388 g/mol. The van der Waals surface area contributed by atoms with Crippen LogP contribution in [0, 0.1) is 5.92 Å². The third-order valence-electron chi connectivity index (χ3n) is 6.41. The van der Waals surface area contributed by atoms with Crippen LogP contribution in [0.1, 0.15) is 49.7 Å². The largest absolute Gasteiger partial charge is 0.369 e. The molecule has 4 N–H and O–H groups in total. The molecule has 2 heterocycles. The van der Waals surface area contributed by atoms with E-state index in [9.17, 15) is 4.79 Å². The number of nitrogens with two attached hydrogens (primary N) is 1. The number of likely N-dealkylation sites (tertiary alicyclic amines) is 2. The molecule has 1 amide bonds. The van der Waals surface area contributed by atoms with Crippen LogP contribution in [0.2, 0.25) is 0 Å². The summed E-state index contributed by atoms with van der Waals surface area (Å²) in [6, 6.07) is 8.93. The molecule has 7 nitrogen and oxygen atoms in total. The highest BCUT2D eigenvalue weighted by Gasteiger charge is 2.23. The number of hydrogen-bond donors (Lipinski definition) is 3. The van der Waals surface area contributed by atoms with Crippen molar-refractivity contribution in [3.8, 4) is 0 Å². The van der Waals surface area contributed by atoms with Crippen LogP contribution in [0.4, 0.5) is 0 Å². The van der Waals surface area contributed by atoms with Gasteiger partial charge in [-0.3, -0.25) is 14.7 Å². The van der Waals surface area contributed by atoms with Gasteiger partial charge in [-0.05, 0) is 69.4 Å². The highest BCUT2D eigenvalue weighted by atomic mass is 16.1. The van der Waals surface area contributed by atoms with Crippen LogP contribution in [-0.2, 0) is 17.9 Å². The lowest BCUT2D eigenvalue weighted by atomic mass is 9.97. The number of guanidine groups is 1. The fourth-order valence-corrected chi connectivity index (χ4v) is 4.54. The average molecular weight is 429 g/mol. The molecule has 2 fully saturated rings. The van der Waals surface area contributed by atoms with E-state index in [-0.39, 0.29) is 11.8 Å². The van der Waals surface area contributed by atoms with Gasteiger partial charge in [0, 0.05) is 33.2 Å². The molecule has 1 atom stereocenters. The standard InChI is InChI=1S/C24H40N6O/c1-26-24(27-12-6-16-30-15-5-7-22(19-30)23(25)31)28-17-20-8-10-21(11-9-20)18-29-13-3-2-4-14-29/h8-11,22H,2-7,12-19H2,1H3,(H2,25,31)(H2,26,27,28). The number of primary amides is 1. The number of piperidine rings is 2. The summed E-state index contributed by atoms with van der Waals surface area (Å²) in [6.45, 7) is 7.98. The van der Waals surface area contributed by atoms with E-state index in [1.807, 2.05) is 0 Å². The summed E-state index contributed by atoms with van der Waals surface area (Å²) in [7, 11) is 1.80. The van der Waals surface area contributed by atoms with Gasteiger partial charge >= 0.3 is 0 Å². The summed E-state index contributed by atoms with van der Waals surface area (Å²) in [5, 5.41) is 6.79. The van der Waals surface area contributed by atoms with Crippen LogP contribution >= 0.6 is 0 Å². The molecule has 1 aromatic rings. The first kappa shape index (κ1) is 23.5. The van der Waals surface area contributed by atoms with Crippen molar-refractivity contribution in [2.75, 3.05) is 46.3 Å². The second-order valence-corrected chi connectivity index (χ2v) is 8.90. The third-order valence-corrected chi connectivity index (χ3v) is 6.41. The number of amides is 1. The van der Waals surface area contributed by atoms with E-state index in [0.717, 1.165) is 64.5 Å². The Bertz CT molecular complexity index is 699. The van der Waals surface area contributed by atoms with Gasteiger partial charge < -0.3 is 21.3 Å². The highest BCUT2D eigenvalue weighted by Crippen LogP contribution is 2.16. The Morgan fingerprint density at radius 2 is 1.74 bits per heavy atom. The summed E-state index contributed by atoms with van der Waals surface area (Å²) in [5.41, 5.74) is 8.12. The van der Waals surface area contributed by atoms with Crippen LogP contribution in [0.15, 0.2) is 29.3 Å². The van der Waals surface area contributed by atoms with Gasteiger partial charge in [0.05, 0.1) is 5.92 Å². The molecule has 1 aromatic carbocycles. The average Bonchev–Trinajstić information content (AvgIpc) is 2.80. The zero-order valence-corrected chi connectivity index (χ0v) is 19.1. The molecular formula is C24H40N6O. The Balaban J connectivity index is 1.32. The first-order chi connectivity index (χ1) is 15.1. The van der Waals surface area contributed by atoms with Gasteiger partial charge in [0.25, 0.3) is 0 Å². The van der Waals surface area contributed by atoms with Crippen LogP contribution < -0.4 is 16.4 Å². The maximum absolute atomic E-state index is 11.4. The molecule has 0 saturated carbocycles. The third kappa shape index (κ3) is 8.15. The van der Waals surface area contributed by atoms with Crippen molar-refractivity contribution >= 4 is 11.9 Å². The molecule has 0 aliphatic carbocycles. The maximum atomic E-state index is 11.4. The van der Waals surface area contributed by atoms with E-state index < -0.39 is 0 Å². The number of nitrogens with zero attached hydrogens (tertiary/aromatic N) is 3. The maximum Gasteiger partial charge on any atom is 0.221 e. The number of carbonyl (C=O) groups is 1. The molecule has 31 heavy (non-hydrogen) atoms. The van der Waals surface area contributed by atoms with E-state index in [4.69, 9.17) is 5.73 Å². The Hall–Kier alpha value is -2.12. The Morgan fingerprint density at radius 1 is 1.03 bits per heavy atom. The van der Waals surface area contributed by atoms with Crippen LogP contribution in [0.3, 0.4) is 0 Å². The minimum atomic E-state index is -0.160. The van der Waals surface area contributed by atoms with Gasteiger partial charge in [0.1, 0.15) is 0 Å². The van der Waals surface area contributed by atoms with Crippen LogP contribution in [0.5, 0.6) is 0 Å². The quantitative estimate of drug-likeness (QED) is 0.318. The highest BCUT2D eigenvalue weighted by molar-refractivity contribution is 5.79. The molecule has 1 unspecified atom stereocenters. The molecule has 2 saturated heterocycles. The van der Waals surface area contributed by atoms with Crippen molar-refractivity contribution in [2.24, 2.45) is 16.6 Å². The lowest BCUT2D eigenvalue weighted by Crippen LogP contribution is -2.42. The van der Waals surface area contributed by atoms with Gasteiger partial charge in [-0.1, -0.05) is 30.7 Å². The smallest absolute Gasteiger partial charge is 0.221 e. The fraction of sp³-hybridized carbons (Fsp3) is 0.667. The van der Waals surface area contributed by atoms with Gasteiger partial charge in [-0.15, -0.1) is 0 Å². The van der Waals surface area contributed by atoms with Gasteiger partial charge in [0.2, 0.25) is 5.91 Å². The number of carbonyl (C=O) groups excluding carboxylic acids is 1. The first-order valence-corrected chi connectivity index (χ1v) is 11.9. The number of aliphatic imine (C=N–C) groups is 1. The summed E-state index contributed by atoms with van der Waals surface area (Å²) in [5.74, 6) is 0.681. The van der Waals surface area contributed by atoms with Crippen molar-refractivity contribution in [3.05, 3.63) is 35.4 Å². The molecule has 0 radical (unpaired) electrons. The topological polar surface area (TPSA) is 86.0 Å². The molecule has 7 heteroatoms. The van der Waals surface area contributed by atoms with Gasteiger partial charge in [-0.25, -0.2) is 0 Å². The minimum Gasteiger partial charge on any atom is -0.369 e. The van der Waals surface area contributed by atoms with Gasteiger partial charge in [-0.2, -0.15) is 0 Å². The summed E-state index contributed by atoms with van der Waals surface area (Å²) < 4.78 is 0. The number of benzene rings is 1. The molecule has 0 bridgehead atoms. The lowest BCUT2D eigenvalue weighted by Gasteiger charge is -2.31. The van der Waals surface area contributed by atoms with Crippen LogP contribution in [0.25, 0.3) is 0 Å². The van der Waals surface area contributed by atoms with E-state index >= 15 is 0 Å². The second-order valence-electron chi connectivity index (χ2n) is 8.90. The Morgan fingerprint density at radius 3 is 2.45 bits per heavy atom. The van der Waals surface area contributed by atoms with E-state index in [1.54, 1.807) is 7.05 Å². The van der Waals surface area contributed by atoms with E-state index in [1.165, 1.54) is 43.5 Å². The minimum absolute atomic E-state index is 0.0161. The van der Waals surface area contributed by atoms with E-state index in [2.05, 4.69) is 49.7 Å². The van der Waals surface area contributed by atoms with Crippen molar-refractivity contribution < 1.29 is 4.79 Å². The Labute approximate surface area is 187 Å². The predicted octanol–water partition coefficient (Wildman–Crippen LogP) is 1.92. The fourth-order valence-electron chi connectivity index (χ4n) is 4.54. The van der Waals surface area contributed by atoms with Crippen molar-refractivity contribution in [1.82, 2.24) is 20.4 Å². The number of hydrogen-bond acceptors (Lipinski definition) is 4. The molecule has 3 rings (SSSR count).